The average Bonchev–Trinajstić information content (AvgIpc) is 2.95. The maximum atomic E-state index is 10.6. The number of rotatable bonds is 3. The normalized spacial score (nSPS) is 8.56. The number of aliphatic hydroxyl groups is 1. The molecule has 190 valence electrons. The van der Waals surface area contributed by atoms with Crippen LogP contribution in [0, 0.1) is 0 Å². The van der Waals surface area contributed by atoms with Gasteiger partial charge in [0, 0.05) is 62.7 Å². The second kappa shape index (κ2) is 33.4. The molecular formula is C26H39I2N3O3. The molecule has 0 spiro atoms. The second-order valence-corrected chi connectivity index (χ2v) is 5.07. The molecule has 0 amide bonds. The van der Waals surface area contributed by atoms with Crippen LogP contribution in [0.4, 0.5) is 0 Å². The van der Waals surface area contributed by atoms with E-state index in [1.807, 2.05) is 53.7 Å². The highest BCUT2D eigenvalue weighted by Gasteiger charge is 1.97. The number of hydrogen-bond acceptors (Lipinski definition) is 6. The van der Waals surface area contributed by atoms with Gasteiger partial charge in [-0.3, -0.25) is 24.5 Å². The largest absolute Gasteiger partial charge is 0.387 e. The van der Waals surface area contributed by atoms with E-state index >= 15 is 0 Å². The summed E-state index contributed by atoms with van der Waals surface area (Å²) in [5.41, 5.74) is 1.72. The van der Waals surface area contributed by atoms with Crippen LogP contribution in [0.5, 0.6) is 0 Å². The third-order valence-corrected chi connectivity index (χ3v) is 2.95. The van der Waals surface area contributed by atoms with Gasteiger partial charge in [0.15, 0.2) is 12.1 Å². The van der Waals surface area contributed by atoms with Crippen LogP contribution >= 0.6 is 37.2 Å². The number of halogens is 2. The first-order valence-electron chi connectivity index (χ1n) is 11.1. The quantitative estimate of drug-likeness (QED) is 0.169. The molecule has 0 aliphatic heterocycles. The first-order valence-corrected chi connectivity index (χ1v) is 17.3. The Morgan fingerprint density at radius 2 is 1.24 bits per heavy atom. The second-order valence-electron chi connectivity index (χ2n) is 5.07. The van der Waals surface area contributed by atoms with Crippen molar-refractivity contribution in [2.75, 3.05) is 0 Å². The number of Topliss-reactive ketones (excluding diaryl/α,β-unsaturated/α-hetero) is 1. The molecule has 3 aromatic rings. The molecule has 1 N–H and O–H groups in total. The van der Waals surface area contributed by atoms with Gasteiger partial charge in [0.05, 0.1) is 11.8 Å². The maximum absolute atomic E-state index is 10.6. The van der Waals surface area contributed by atoms with Gasteiger partial charge in [-0.2, -0.15) is 0 Å². The van der Waals surface area contributed by atoms with Gasteiger partial charge in [0.1, 0.15) is 11.4 Å². The molecule has 0 radical (unpaired) electrons. The minimum absolute atomic E-state index is 0.00981. The molecule has 6 nitrogen and oxygen atoms in total. The third-order valence-electron chi connectivity index (χ3n) is 2.95. The van der Waals surface area contributed by atoms with E-state index in [1.165, 1.54) is 6.92 Å². The molecule has 3 aromatic heterocycles. The molecule has 0 aliphatic rings. The Morgan fingerprint density at radius 1 is 0.794 bits per heavy atom. The van der Waals surface area contributed by atoms with Crippen molar-refractivity contribution in [1.82, 2.24) is 15.0 Å². The Balaban J connectivity index is -0.000000173. The van der Waals surface area contributed by atoms with Crippen molar-refractivity contribution < 1.29 is 14.7 Å². The van der Waals surface area contributed by atoms with Gasteiger partial charge in [0.25, 0.3) is 0 Å². The van der Waals surface area contributed by atoms with Crippen molar-refractivity contribution in [2.45, 2.75) is 61.5 Å². The standard InChI is InChI=1S/C7H9NO.C7H7NO.C6H5NO.3C2H6.I2/c2*1-6(9)7-4-2-3-5-8-7;8-5-6-3-1-2-4-7-6;4*1-2/h2-6,9H,1H3;2-5H,1H3;1-5H;3*1-2H3;. The van der Waals surface area contributed by atoms with Gasteiger partial charge in [-0.1, -0.05) is 59.7 Å². The van der Waals surface area contributed by atoms with Crippen molar-refractivity contribution in [2.24, 2.45) is 0 Å². The first kappa shape index (κ1) is 39.4. The zero-order valence-corrected chi connectivity index (χ0v) is 25.8. The summed E-state index contributed by atoms with van der Waals surface area (Å²) in [6.45, 7) is 15.2. The lowest BCUT2D eigenvalue weighted by Crippen LogP contribution is -1.93. The highest BCUT2D eigenvalue weighted by molar-refractivity contribution is 15.0. The van der Waals surface area contributed by atoms with Crippen LogP contribution in [-0.4, -0.2) is 32.1 Å². The molecule has 8 heteroatoms. The van der Waals surface area contributed by atoms with Crippen molar-refractivity contribution in [3.63, 3.8) is 0 Å². The van der Waals surface area contributed by atoms with Gasteiger partial charge in [-0.05, 0) is 43.3 Å². The average molecular weight is 695 g/mol. The molecule has 1 atom stereocenters. The van der Waals surface area contributed by atoms with Crippen LogP contribution in [0.1, 0.15) is 88.2 Å². The number of hydrogen-bond donors (Lipinski definition) is 1. The van der Waals surface area contributed by atoms with Crippen molar-refractivity contribution in [3.05, 3.63) is 90.3 Å². The van der Waals surface area contributed by atoms with E-state index in [1.54, 1.807) is 68.0 Å². The number of aldehydes is 1. The fraction of sp³-hybridized carbons (Fsp3) is 0.346. The van der Waals surface area contributed by atoms with Crippen molar-refractivity contribution in [3.8, 4) is 0 Å². The molecule has 0 aliphatic carbocycles. The lowest BCUT2D eigenvalue weighted by molar-refractivity contribution is 0.101. The maximum Gasteiger partial charge on any atom is 0.178 e. The Labute approximate surface area is 229 Å². The van der Waals surface area contributed by atoms with E-state index in [9.17, 15) is 9.59 Å². The lowest BCUT2D eigenvalue weighted by Gasteiger charge is -1.99. The van der Waals surface area contributed by atoms with Crippen molar-refractivity contribution >= 4 is 49.3 Å². The Bertz CT molecular complexity index is 777. The van der Waals surface area contributed by atoms with Crippen LogP contribution in [0.2, 0.25) is 0 Å². The lowest BCUT2D eigenvalue weighted by atomic mass is 10.2. The zero-order valence-electron chi connectivity index (χ0n) is 21.4. The predicted octanol–water partition coefficient (Wildman–Crippen LogP) is 8.16. The number of carbonyl (C=O) groups excluding carboxylic acids is 2. The van der Waals surface area contributed by atoms with Crippen LogP contribution in [0.25, 0.3) is 0 Å². The molecular weight excluding hydrogens is 656 g/mol. The van der Waals surface area contributed by atoms with E-state index in [2.05, 4.69) is 52.2 Å². The Hall–Kier alpha value is -1.79. The monoisotopic (exact) mass is 695 g/mol. The van der Waals surface area contributed by atoms with Crippen LogP contribution in [-0.2, 0) is 0 Å². The van der Waals surface area contributed by atoms with Gasteiger partial charge >= 0.3 is 0 Å². The number of nitrogens with zero attached hydrogens (tertiary/aromatic N) is 3. The van der Waals surface area contributed by atoms with Gasteiger partial charge < -0.3 is 5.11 Å². The summed E-state index contributed by atoms with van der Waals surface area (Å²) in [5, 5.41) is 8.96. The highest BCUT2D eigenvalue weighted by atomic mass is 128. The number of aromatic nitrogens is 3. The summed E-state index contributed by atoms with van der Waals surface area (Å²) in [6.07, 6.45) is 5.13. The summed E-state index contributed by atoms with van der Waals surface area (Å²) in [4.78, 5) is 32.0. The van der Waals surface area contributed by atoms with Crippen molar-refractivity contribution in [1.29, 1.82) is 0 Å². The minimum atomic E-state index is -0.453. The molecule has 0 aromatic carbocycles. The number of pyridine rings is 3. The molecule has 3 rings (SSSR count). The third kappa shape index (κ3) is 24.8. The Kier molecular flexibility index (Phi) is 38.7. The van der Waals surface area contributed by atoms with Crippen LogP contribution < -0.4 is 0 Å². The highest BCUT2D eigenvalue weighted by Crippen LogP contribution is 2.05. The topological polar surface area (TPSA) is 93.0 Å². The number of aliphatic hydroxyl groups excluding tert-OH is 1. The molecule has 0 saturated heterocycles. The van der Waals surface area contributed by atoms with E-state index in [0.29, 0.717) is 11.4 Å². The van der Waals surface area contributed by atoms with Gasteiger partial charge in [-0.15, -0.1) is 0 Å². The van der Waals surface area contributed by atoms with E-state index < -0.39 is 6.10 Å². The smallest absolute Gasteiger partial charge is 0.178 e. The molecule has 3 heterocycles. The molecule has 0 fully saturated rings. The molecule has 34 heavy (non-hydrogen) atoms. The summed E-state index contributed by atoms with van der Waals surface area (Å²) >= 11 is 4.24. The molecule has 0 saturated carbocycles. The van der Waals surface area contributed by atoms with E-state index in [4.69, 9.17) is 5.11 Å². The van der Waals surface area contributed by atoms with E-state index in [-0.39, 0.29) is 5.78 Å². The zero-order chi connectivity index (χ0) is 27.2. The summed E-state index contributed by atoms with van der Waals surface area (Å²) in [7, 11) is 0. The molecule has 1 unspecified atom stereocenters. The van der Waals surface area contributed by atoms with E-state index in [0.717, 1.165) is 12.0 Å². The summed E-state index contributed by atoms with van der Waals surface area (Å²) in [5.74, 6) is 0.00981. The van der Waals surface area contributed by atoms with Crippen LogP contribution in [0.15, 0.2) is 73.2 Å². The fourth-order valence-corrected chi connectivity index (χ4v) is 1.64. The first-order chi connectivity index (χ1) is 16.5. The van der Waals surface area contributed by atoms with Gasteiger partial charge in [0.2, 0.25) is 0 Å². The number of ketones is 1. The summed E-state index contributed by atoms with van der Waals surface area (Å²) < 4.78 is 0. The molecule has 0 bridgehead atoms. The Morgan fingerprint density at radius 3 is 1.44 bits per heavy atom. The fourth-order valence-electron chi connectivity index (χ4n) is 1.64. The number of carbonyl (C=O) groups is 2. The SMILES string of the molecule is CC.CC.CC.CC(=O)c1ccccn1.CC(O)c1ccccn1.II.O=Cc1ccccn1. The minimum Gasteiger partial charge on any atom is -0.387 e. The van der Waals surface area contributed by atoms with Gasteiger partial charge in [-0.25, -0.2) is 0 Å². The van der Waals surface area contributed by atoms with Crippen LogP contribution in [0.3, 0.4) is 0 Å². The summed E-state index contributed by atoms with van der Waals surface area (Å²) in [6, 6.07) is 16.0. The predicted molar refractivity (Wildman–Crippen MR) is 161 cm³/mol.